The zero-order valence-electron chi connectivity index (χ0n) is 24.0. The molecular weight excluding hydrogens is 676 g/mol. The zero-order valence-corrected chi connectivity index (χ0v) is 27.2. The van der Waals surface area contributed by atoms with Gasteiger partial charge >= 0.3 is 0 Å². The second kappa shape index (κ2) is 11.9. The first-order valence-electron chi connectivity index (χ1n) is 14.1. The molecule has 0 amide bonds. The predicted molar refractivity (Wildman–Crippen MR) is 187 cm³/mol. The van der Waals surface area contributed by atoms with Gasteiger partial charge in [0.2, 0.25) is 0 Å². The fraction of sp³-hybridized carbons (Fsp3) is 0.0526. The molecular formula is C38H26Br2N2O2. The van der Waals surface area contributed by atoms with Crippen molar-refractivity contribution in [2.45, 2.75) is 0 Å². The summed E-state index contributed by atoms with van der Waals surface area (Å²) in [4.78, 5) is 10.2. The lowest BCUT2D eigenvalue weighted by Crippen LogP contribution is -1.93. The van der Waals surface area contributed by atoms with Crippen LogP contribution in [-0.2, 0) is 0 Å². The average Bonchev–Trinajstić information content (AvgIpc) is 3.07. The van der Waals surface area contributed by atoms with Crippen LogP contribution in [0.25, 0.3) is 66.6 Å². The van der Waals surface area contributed by atoms with Crippen molar-refractivity contribution < 1.29 is 9.47 Å². The number of halogens is 2. The predicted octanol–water partition coefficient (Wildman–Crippen LogP) is 11.0. The summed E-state index contributed by atoms with van der Waals surface area (Å²) in [7, 11) is 3.37. The Morgan fingerprint density at radius 2 is 0.886 bits per heavy atom. The molecule has 0 saturated carbocycles. The summed E-state index contributed by atoms with van der Waals surface area (Å²) in [6.45, 7) is 0. The zero-order chi connectivity index (χ0) is 30.2. The molecule has 0 fully saturated rings. The number of nitrogens with zero attached hydrogens (tertiary/aromatic N) is 2. The third-order valence-electron chi connectivity index (χ3n) is 7.80. The van der Waals surface area contributed by atoms with Gasteiger partial charge in [-0.2, -0.15) is 0 Å². The largest absolute Gasteiger partial charge is 0.497 e. The van der Waals surface area contributed by atoms with Crippen molar-refractivity contribution in [1.82, 2.24) is 9.97 Å². The maximum atomic E-state index is 5.41. The van der Waals surface area contributed by atoms with E-state index in [0.717, 1.165) is 87.0 Å². The summed E-state index contributed by atoms with van der Waals surface area (Å²) in [5, 5.41) is 2.16. The van der Waals surface area contributed by atoms with E-state index in [2.05, 4.69) is 117 Å². The number of methoxy groups -OCH3 is 2. The van der Waals surface area contributed by atoms with Crippen LogP contribution in [0.5, 0.6) is 11.5 Å². The van der Waals surface area contributed by atoms with Gasteiger partial charge in [0, 0.05) is 30.8 Å². The van der Waals surface area contributed by atoms with Gasteiger partial charge in [-0.05, 0) is 101 Å². The summed E-state index contributed by atoms with van der Waals surface area (Å²) in [6, 6.07) is 41.6. The fourth-order valence-electron chi connectivity index (χ4n) is 5.55. The lowest BCUT2D eigenvalue weighted by Gasteiger charge is -2.14. The minimum absolute atomic E-state index is 0.825. The van der Waals surface area contributed by atoms with Crippen LogP contribution in [0.4, 0.5) is 0 Å². The molecule has 0 aliphatic heterocycles. The normalized spacial score (nSPS) is 11.2. The standard InChI is InChI=1S/C38H26Br2N2O2/c1-43-29-12-6-23(7-13-29)31-21-37(41-35-16-10-27(39)19-33(31)35)25-4-3-5-26(18-25)38-22-32(24-8-14-30(44-2)15-9-24)34-20-28(40)11-17-36(34)42-38/h3-22H,1-2H3. The molecule has 214 valence electrons. The van der Waals surface area contributed by atoms with E-state index >= 15 is 0 Å². The van der Waals surface area contributed by atoms with Gasteiger partial charge in [0.05, 0.1) is 36.6 Å². The molecule has 4 nitrogen and oxygen atoms in total. The van der Waals surface area contributed by atoms with E-state index in [9.17, 15) is 0 Å². The fourth-order valence-corrected chi connectivity index (χ4v) is 6.27. The number of benzene rings is 5. The minimum Gasteiger partial charge on any atom is -0.497 e. The molecule has 0 aliphatic rings. The molecule has 0 spiro atoms. The highest BCUT2D eigenvalue weighted by atomic mass is 79.9. The Morgan fingerprint density at radius 3 is 1.30 bits per heavy atom. The lowest BCUT2D eigenvalue weighted by atomic mass is 9.96. The Balaban J connectivity index is 1.37. The summed E-state index contributed by atoms with van der Waals surface area (Å²) < 4.78 is 12.8. The third-order valence-corrected chi connectivity index (χ3v) is 8.78. The Labute approximate surface area is 272 Å². The molecule has 0 radical (unpaired) electrons. The van der Waals surface area contributed by atoms with Crippen LogP contribution in [0.15, 0.2) is 130 Å². The van der Waals surface area contributed by atoms with Gasteiger partial charge in [-0.1, -0.05) is 74.3 Å². The quantitative estimate of drug-likeness (QED) is 0.173. The van der Waals surface area contributed by atoms with E-state index in [1.807, 2.05) is 36.4 Å². The molecule has 5 aromatic carbocycles. The van der Waals surface area contributed by atoms with Gasteiger partial charge < -0.3 is 9.47 Å². The maximum Gasteiger partial charge on any atom is 0.118 e. The number of pyridine rings is 2. The molecule has 44 heavy (non-hydrogen) atoms. The highest BCUT2D eigenvalue weighted by Crippen LogP contribution is 2.37. The molecule has 0 unspecified atom stereocenters. The summed E-state index contributed by atoms with van der Waals surface area (Å²) in [6.07, 6.45) is 0. The third kappa shape index (κ3) is 5.47. The van der Waals surface area contributed by atoms with Crippen molar-refractivity contribution in [3.8, 4) is 56.3 Å². The van der Waals surface area contributed by atoms with Gasteiger partial charge in [0.25, 0.3) is 0 Å². The Bertz CT molecular complexity index is 2010. The van der Waals surface area contributed by atoms with Crippen molar-refractivity contribution in [3.63, 3.8) is 0 Å². The Kier molecular flexibility index (Phi) is 7.62. The molecule has 7 aromatic rings. The van der Waals surface area contributed by atoms with E-state index in [1.165, 1.54) is 0 Å². The van der Waals surface area contributed by atoms with Crippen LogP contribution in [0.3, 0.4) is 0 Å². The first kappa shape index (κ1) is 28.3. The summed E-state index contributed by atoms with van der Waals surface area (Å²) in [5.74, 6) is 1.65. The van der Waals surface area contributed by atoms with Crippen LogP contribution in [0.1, 0.15) is 0 Å². The number of fused-ring (bicyclic) bond motifs is 2. The van der Waals surface area contributed by atoms with Gasteiger partial charge in [-0.3, -0.25) is 0 Å². The van der Waals surface area contributed by atoms with Crippen molar-refractivity contribution in [2.24, 2.45) is 0 Å². The van der Waals surface area contributed by atoms with Gasteiger partial charge in [-0.15, -0.1) is 0 Å². The van der Waals surface area contributed by atoms with Crippen LogP contribution >= 0.6 is 31.9 Å². The number of hydrogen-bond acceptors (Lipinski definition) is 4. The molecule has 0 bridgehead atoms. The number of ether oxygens (including phenoxy) is 2. The second-order valence-corrected chi connectivity index (χ2v) is 12.3. The SMILES string of the molecule is COc1ccc(-c2cc(-c3cccc(-c4cc(-c5ccc(OC)cc5)c5cc(Br)ccc5n4)c3)nc3ccc(Br)cc23)cc1. The molecule has 2 heterocycles. The molecule has 0 aliphatic carbocycles. The van der Waals surface area contributed by atoms with Crippen molar-refractivity contribution >= 4 is 53.7 Å². The topological polar surface area (TPSA) is 44.2 Å². The van der Waals surface area contributed by atoms with E-state index in [0.29, 0.717) is 0 Å². The van der Waals surface area contributed by atoms with Crippen molar-refractivity contribution in [1.29, 1.82) is 0 Å². The van der Waals surface area contributed by atoms with Gasteiger partial charge in [0.1, 0.15) is 11.5 Å². The average molecular weight is 702 g/mol. The Hall–Kier alpha value is -4.52. The molecule has 0 N–H and O–H groups in total. The van der Waals surface area contributed by atoms with Crippen LogP contribution in [0.2, 0.25) is 0 Å². The van der Waals surface area contributed by atoms with E-state index in [1.54, 1.807) is 14.2 Å². The van der Waals surface area contributed by atoms with Gasteiger partial charge in [-0.25, -0.2) is 9.97 Å². The smallest absolute Gasteiger partial charge is 0.118 e. The second-order valence-electron chi connectivity index (χ2n) is 10.5. The number of hydrogen-bond donors (Lipinski definition) is 0. The lowest BCUT2D eigenvalue weighted by molar-refractivity contribution is 0.415. The van der Waals surface area contributed by atoms with Crippen LogP contribution in [0, 0.1) is 0 Å². The van der Waals surface area contributed by atoms with E-state index in [-0.39, 0.29) is 0 Å². The Morgan fingerprint density at radius 1 is 0.455 bits per heavy atom. The number of aromatic nitrogens is 2. The first-order valence-corrected chi connectivity index (χ1v) is 15.7. The molecule has 0 atom stereocenters. The maximum absolute atomic E-state index is 5.41. The highest BCUT2D eigenvalue weighted by Gasteiger charge is 2.14. The number of rotatable bonds is 6. The minimum atomic E-state index is 0.825. The van der Waals surface area contributed by atoms with Gasteiger partial charge in [0.15, 0.2) is 0 Å². The van der Waals surface area contributed by atoms with E-state index in [4.69, 9.17) is 19.4 Å². The first-order chi connectivity index (χ1) is 21.5. The molecule has 2 aromatic heterocycles. The summed E-state index contributed by atoms with van der Waals surface area (Å²) >= 11 is 7.30. The summed E-state index contributed by atoms with van der Waals surface area (Å²) in [5.41, 5.74) is 10.1. The van der Waals surface area contributed by atoms with E-state index < -0.39 is 0 Å². The van der Waals surface area contributed by atoms with Crippen molar-refractivity contribution in [2.75, 3.05) is 14.2 Å². The van der Waals surface area contributed by atoms with Crippen LogP contribution < -0.4 is 9.47 Å². The highest BCUT2D eigenvalue weighted by molar-refractivity contribution is 9.10. The molecule has 0 saturated heterocycles. The molecule has 7 rings (SSSR count). The monoisotopic (exact) mass is 700 g/mol. The van der Waals surface area contributed by atoms with Crippen LogP contribution in [-0.4, -0.2) is 24.2 Å². The van der Waals surface area contributed by atoms with Crippen molar-refractivity contribution in [3.05, 3.63) is 130 Å². The molecule has 6 heteroatoms.